The average molecular weight is 237 g/mol. The highest BCUT2D eigenvalue weighted by atomic mass is 16.1. The van der Waals surface area contributed by atoms with Gasteiger partial charge in [0.2, 0.25) is 0 Å². The van der Waals surface area contributed by atoms with Gasteiger partial charge in [-0.05, 0) is 57.9 Å². The maximum atomic E-state index is 11.6. The van der Waals surface area contributed by atoms with E-state index in [0.29, 0.717) is 5.78 Å². The molecule has 2 N–H and O–H groups in total. The van der Waals surface area contributed by atoms with Crippen molar-refractivity contribution in [3.8, 4) is 0 Å². The van der Waals surface area contributed by atoms with Crippen LogP contribution in [0.3, 0.4) is 0 Å². The Bertz CT molecular complexity index is 245. The summed E-state index contributed by atoms with van der Waals surface area (Å²) < 4.78 is 0. The largest absolute Gasteiger partial charge is 0.330 e. The molecule has 0 aromatic rings. The number of unbranched alkanes of at least 4 members (excludes halogenated alkanes) is 2. The number of allylic oxidation sites excluding steroid dienone is 2. The van der Waals surface area contributed by atoms with Gasteiger partial charge in [0.1, 0.15) is 5.78 Å². The number of carbonyl (C=O) groups excluding carboxylic acids is 1. The topological polar surface area (TPSA) is 43.1 Å². The molecule has 0 amide bonds. The highest BCUT2D eigenvalue weighted by molar-refractivity contribution is 5.78. The third kappa shape index (κ3) is 7.32. The van der Waals surface area contributed by atoms with E-state index in [2.05, 4.69) is 6.08 Å². The van der Waals surface area contributed by atoms with Crippen LogP contribution in [0.1, 0.15) is 70.6 Å². The van der Waals surface area contributed by atoms with Crippen molar-refractivity contribution in [1.82, 2.24) is 0 Å². The molecule has 0 atom stereocenters. The summed E-state index contributed by atoms with van der Waals surface area (Å²) in [5.74, 6) is 0.443. The van der Waals surface area contributed by atoms with Crippen molar-refractivity contribution in [2.75, 3.05) is 6.54 Å². The molecule has 0 aromatic heterocycles. The predicted molar refractivity (Wildman–Crippen MR) is 72.9 cm³/mol. The van der Waals surface area contributed by atoms with Gasteiger partial charge < -0.3 is 5.73 Å². The average Bonchev–Trinajstić information content (AvgIpc) is 2.36. The highest BCUT2D eigenvalue weighted by Gasteiger charge is 2.05. The van der Waals surface area contributed by atoms with Gasteiger partial charge in [0.15, 0.2) is 0 Å². The van der Waals surface area contributed by atoms with Gasteiger partial charge in [-0.2, -0.15) is 0 Å². The van der Waals surface area contributed by atoms with Gasteiger partial charge in [-0.25, -0.2) is 0 Å². The molecule has 0 fully saturated rings. The van der Waals surface area contributed by atoms with E-state index in [1.54, 1.807) is 5.57 Å². The molecule has 0 unspecified atom stereocenters. The van der Waals surface area contributed by atoms with Crippen LogP contribution >= 0.6 is 0 Å². The lowest BCUT2D eigenvalue weighted by molar-refractivity contribution is -0.119. The zero-order valence-corrected chi connectivity index (χ0v) is 11.0. The fourth-order valence-electron chi connectivity index (χ4n) is 2.41. The maximum Gasteiger partial charge on any atom is 0.132 e. The van der Waals surface area contributed by atoms with Crippen molar-refractivity contribution in [2.45, 2.75) is 70.6 Å². The SMILES string of the molecule is NCCCCCC(=O)CCCC1=CCCCC1. The molecule has 0 heterocycles. The lowest BCUT2D eigenvalue weighted by Crippen LogP contribution is -2.01. The molecule has 0 bridgehead atoms. The molecule has 0 spiro atoms. The summed E-state index contributed by atoms with van der Waals surface area (Å²) in [5, 5.41) is 0. The number of nitrogens with two attached hydrogens (primary N) is 1. The summed E-state index contributed by atoms with van der Waals surface area (Å²) in [6.45, 7) is 0.752. The fraction of sp³-hybridized carbons (Fsp3) is 0.800. The number of rotatable bonds is 9. The van der Waals surface area contributed by atoms with Gasteiger partial charge in [-0.1, -0.05) is 18.1 Å². The van der Waals surface area contributed by atoms with Crippen LogP contribution in [0.2, 0.25) is 0 Å². The van der Waals surface area contributed by atoms with Gasteiger partial charge in [-0.15, -0.1) is 0 Å². The van der Waals surface area contributed by atoms with Crippen molar-refractivity contribution in [3.05, 3.63) is 11.6 Å². The predicted octanol–water partition coefficient (Wildman–Crippen LogP) is 3.75. The number of hydrogen-bond donors (Lipinski definition) is 1. The molecule has 1 aliphatic carbocycles. The van der Waals surface area contributed by atoms with Crippen LogP contribution in [0, 0.1) is 0 Å². The fourth-order valence-corrected chi connectivity index (χ4v) is 2.41. The van der Waals surface area contributed by atoms with Crippen LogP contribution in [0.5, 0.6) is 0 Å². The van der Waals surface area contributed by atoms with E-state index in [4.69, 9.17) is 5.73 Å². The molecule has 0 aromatic carbocycles. The monoisotopic (exact) mass is 237 g/mol. The number of ketones is 1. The van der Waals surface area contributed by atoms with E-state index in [-0.39, 0.29) is 0 Å². The first-order chi connectivity index (χ1) is 8.33. The van der Waals surface area contributed by atoms with E-state index in [9.17, 15) is 4.79 Å². The van der Waals surface area contributed by atoms with Crippen LogP contribution in [-0.2, 0) is 4.79 Å². The minimum absolute atomic E-state index is 0.443. The lowest BCUT2D eigenvalue weighted by atomic mass is 9.95. The van der Waals surface area contributed by atoms with Crippen molar-refractivity contribution in [3.63, 3.8) is 0 Å². The van der Waals surface area contributed by atoms with Crippen molar-refractivity contribution < 1.29 is 4.79 Å². The standard InChI is InChI=1S/C15H27NO/c16-13-6-2-5-11-15(17)12-7-10-14-8-3-1-4-9-14/h8H,1-7,9-13,16H2. The Morgan fingerprint density at radius 3 is 2.65 bits per heavy atom. The molecule has 0 aliphatic heterocycles. The van der Waals surface area contributed by atoms with E-state index in [1.165, 1.54) is 25.7 Å². The third-order valence-electron chi connectivity index (χ3n) is 3.50. The Morgan fingerprint density at radius 1 is 1.12 bits per heavy atom. The first-order valence-corrected chi connectivity index (χ1v) is 7.22. The molecular formula is C15H27NO. The molecule has 1 rings (SSSR count). The molecule has 98 valence electrons. The summed E-state index contributed by atoms with van der Waals surface area (Å²) in [4.78, 5) is 11.6. The molecule has 1 aliphatic rings. The van der Waals surface area contributed by atoms with Gasteiger partial charge in [0.05, 0.1) is 0 Å². The zero-order valence-electron chi connectivity index (χ0n) is 11.0. The number of Topliss-reactive ketones (excluding diaryl/α,β-unsaturated/α-hetero) is 1. The van der Waals surface area contributed by atoms with Crippen molar-refractivity contribution in [1.29, 1.82) is 0 Å². The number of carbonyl (C=O) groups is 1. The van der Waals surface area contributed by atoms with Gasteiger partial charge >= 0.3 is 0 Å². The molecule has 2 nitrogen and oxygen atoms in total. The lowest BCUT2D eigenvalue weighted by Gasteiger charge is -2.11. The van der Waals surface area contributed by atoms with Crippen LogP contribution < -0.4 is 5.73 Å². The second-order valence-electron chi connectivity index (χ2n) is 5.10. The Hall–Kier alpha value is -0.630. The van der Waals surface area contributed by atoms with E-state index in [1.807, 2.05) is 0 Å². The normalized spacial score (nSPS) is 15.7. The quantitative estimate of drug-likeness (QED) is 0.490. The van der Waals surface area contributed by atoms with Crippen LogP contribution in [-0.4, -0.2) is 12.3 Å². The van der Waals surface area contributed by atoms with Crippen LogP contribution in [0.15, 0.2) is 11.6 Å². The summed E-state index contributed by atoms with van der Waals surface area (Å²) in [7, 11) is 0. The van der Waals surface area contributed by atoms with Crippen LogP contribution in [0.4, 0.5) is 0 Å². The molecular weight excluding hydrogens is 210 g/mol. The van der Waals surface area contributed by atoms with E-state index < -0.39 is 0 Å². The molecule has 2 heteroatoms. The summed E-state index contributed by atoms with van der Waals surface area (Å²) >= 11 is 0. The molecule has 0 radical (unpaired) electrons. The second-order valence-corrected chi connectivity index (χ2v) is 5.10. The minimum Gasteiger partial charge on any atom is -0.330 e. The van der Waals surface area contributed by atoms with Crippen molar-refractivity contribution in [2.24, 2.45) is 5.73 Å². The van der Waals surface area contributed by atoms with Gasteiger partial charge in [-0.3, -0.25) is 4.79 Å². The Morgan fingerprint density at radius 2 is 1.94 bits per heavy atom. The summed E-state index contributed by atoms with van der Waals surface area (Å²) in [6.07, 6.45) is 14.5. The van der Waals surface area contributed by atoms with Crippen molar-refractivity contribution >= 4 is 5.78 Å². The Kier molecular flexibility index (Phi) is 7.98. The smallest absolute Gasteiger partial charge is 0.132 e. The molecule has 0 saturated heterocycles. The number of hydrogen-bond acceptors (Lipinski definition) is 2. The summed E-state index contributed by atoms with van der Waals surface area (Å²) in [6, 6.07) is 0. The highest BCUT2D eigenvalue weighted by Crippen LogP contribution is 2.22. The Labute approximate surface area is 106 Å². The Balaban J connectivity index is 1.98. The summed E-state index contributed by atoms with van der Waals surface area (Å²) in [5.41, 5.74) is 7.01. The first kappa shape index (κ1) is 14.4. The first-order valence-electron chi connectivity index (χ1n) is 7.22. The second kappa shape index (κ2) is 9.41. The minimum atomic E-state index is 0.443. The molecule has 17 heavy (non-hydrogen) atoms. The van der Waals surface area contributed by atoms with Crippen LogP contribution in [0.25, 0.3) is 0 Å². The van der Waals surface area contributed by atoms with Gasteiger partial charge in [0, 0.05) is 12.8 Å². The van der Waals surface area contributed by atoms with E-state index >= 15 is 0 Å². The van der Waals surface area contributed by atoms with E-state index in [0.717, 1.165) is 51.5 Å². The third-order valence-corrected chi connectivity index (χ3v) is 3.50. The van der Waals surface area contributed by atoms with Gasteiger partial charge in [0.25, 0.3) is 0 Å². The molecule has 0 saturated carbocycles. The maximum absolute atomic E-state index is 11.6. The zero-order chi connectivity index (χ0) is 12.3.